The van der Waals surface area contributed by atoms with Crippen LogP contribution in [0.15, 0.2) is 24.3 Å². The first-order chi connectivity index (χ1) is 6.84. The Morgan fingerprint density at radius 2 is 2.07 bits per heavy atom. The van der Waals surface area contributed by atoms with Crippen molar-refractivity contribution < 1.29 is 0 Å². The molecule has 0 aliphatic rings. The van der Waals surface area contributed by atoms with E-state index in [-0.39, 0.29) is 0 Å². The maximum Gasteiger partial charge on any atom is 0.263 e. The van der Waals surface area contributed by atoms with Crippen LogP contribution in [0.25, 0.3) is 0 Å². The molecular weight excluding hydrogens is 202 g/mol. The highest BCUT2D eigenvalue weighted by molar-refractivity contribution is 6.30. The summed E-state index contributed by atoms with van der Waals surface area (Å²) in [6.07, 6.45) is 0. The number of hydrogen-bond acceptors (Lipinski definition) is 4. The number of halogens is 1. The second-order valence-corrected chi connectivity index (χ2v) is 3.15. The molecule has 14 heavy (non-hydrogen) atoms. The minimum atomic E-state index is 0.486. The minimum Gasteiger partial charge on any atom is -0.348 e. The molecule has 2 N–H and O–H groups in total. The molecule has 2 aromatic rings. The molecule has 0 radical (unpaired) electrons. The van der Waals surface area contributed by atoms with E-state index in [0.717, 1.165) is 10.6 Å². The van der Waals surface area contributed by atoms with Crippen LogP contribution in [0.4, 0.5) is 5.95 Å². The highest BCUT2D eigenvalue weighted by atomic mass is 35.5. The van der Waals surface area contributed by atoms with Gasteiger partial charge < -0.3 is 5.32 Å². The van der Waals surface area contributed by atoms with E-state index in [2.05, 4.69) is 25.9 Å². The average molecular weight is 210 g/mol. The van der Waals surface area contributed by atoms with Crippen LogP contribution in [0.1, 0.15) is 5.56 Å². The molecule has 1 heterocycles. The van der Waals surface area contributed by atoms with Crippen molar-refractivity contribution in [3.63, 3.8) is 0 Å². The number of nitrogens with zero attached hydrogens (tertiary/aromatic N) is 3. The summed E-state index contributed by atoms with van der Waals surface area (Å²) < 4.78 is 0. The Morgan fingerprint density at radius 3 is 2.71 bits per heavy atom. The average Bonchev–Trinajstić information content (AvgIpc) is 2.70. The predicted molar refractivity (Wildman–Crippen MR) is 53.0 cm³/mol. The molecule has 2 rings (SSSR count). The third kappa shape index (κ3) is 2.20. The number of nitrogens with one attached hydrogen (secondary N) is 2. The zero-order valence-electron chi connectivity index (χ0n) is 7.24. The molecule has 0 saturated carbocycles. The van der Waals surface area contributed by atoms with Gasteiger partial charge in [0.1, 0.15) is 0 Å². The lowest BCUT2D eigenvalue weighted by Crippen LogP contribution is -2.00. The summed E-state index contributed by atoms with van der Waals surface area (Å²) >= 11 is 5.75. The van der Waals surface area contributed by atoms with Crippen LogP contribution in [0.3, 0.4) is 0 Å². The maximum atomic E-state index is 5.75. The van der Waals surface area contributed by atoms with Gasteiger partial charge in [-0.25, -0.2) is 0 Å². The van der Waals surface area contributed by atoms with Gasteiger partial charge >= 0.3 is 0 Å². The number of rotatable bonds is 3. The van der Waals surface area contributed by atoms with E-state index < -0.39 is 0 Å². The van der Waals surface area contributed by atoms with Crippen LogP contribution in [0.2, 0.25) is 5.02 Å². The molecule has 0 fully saturated rings. The third-order valence-corrected chi connectivity index (χ3v) is 1.96. The Bertz CT molecular complexity index is 383. The summed E-state index contributed by atoms with van der Waals surface area (Å²) in [7, 11) is 0. The van der Waals surface area contributed by atoms with Crippen molar-refractivity contribution in [1.29, 1.82) is 0 Å². The first-order valence-electron chi connectivity index (χ1n) is 4.06. The molecule has 5 nitrogen and oxygen atoms in total. The molecule has 0 unspecified atom stereocenters. The highest BCUT2D eigenvalue weighted by Gasteiger charge is 1.96. The molecular formula is C8H8ClN5. The number of hydrogen-bond donors (Lipinski definition) is 2. The Hall–Kier alpha value is -1.62. The van der Waals surface area contributed by atoms with Crippen molar-refractivity contribution in [2.24, 2.45) is 0 Å². The topological polar surface area (TPSA) is 66.5 Å². The zero-order valence-corrected chi connectivity index (χ0v) is 7.99. The Morgan fingerprint density at radius 1 is 1.29 bits per heavy atom. The number of aromatic nitrogens is 4. The van der Waals surface area contributed by atoms with Crippen LogP contribution in [-0.2, 0) is 6.54 Å². The quantitative estimate of drug-likeness (QED) is 0.804. The molecule has 0 aliphatic carbocycles. The molecule has 1 aromatic carbocycles. The van der Waals surface area contributed by atoms with E-state index in [1.165, 1.54) is 0 Å². The number of tetrazole rings is 1. The van der Waals surface area contributed by atoms with Crippen molar-refractivity contribution in [2.45, 2.75) is 6.54 Å². The van der Waals surface area contributed by atoms with Gasteiger partial charge in [0.15, 0.2) is 0 Å². The van der Waals surface area contributed by atoms with Crippen molar-refractivity contribution in [3.05, 3.63) is 34.9 Å². The van der Waals surface area contributed by atoms with E-state index in [1.807, 2.05) is 24.3 Å². The smallest absolute Gasteiger partial charge is 0.263 e. The standard InChI is InChI=1S/C8H8ClN5/c9-7-3-1-6(2-4-7)5-10-8-11-13-14-12-8/h1-4H,5H2,(H2,10,11,12,13,14). The van der Waals surface area contributed by atoms with Crippen LogP contribution in [-0.4, -0.2) is 20.6 Å². The summed E-state index contributed by atoms with van der Waals surface area (Å²) in [6, 6.07) is 7.56. The Kier molecular flexibility index (Phi) is 2.60. The van der Waals surface area contributed by atoms with Gasteiger partial charge in [-0.15, -0.1) is 5.10 Å². The summed E-state index contributed by atoms with van der Waals surface area (Å²) in [5, 5.41) is 17.0. The SMILES string of the molecule is Clc1ccc(CNc2nn[nH]n2)cc1. The maximum absolute atomic E-state index is 5.75. The van der Waals surface area contributed by atoms with E-state index in [9.17, 15) is 0 Å². The first-order valence-corrected chi connectivity index (χ1v) is 4.44. The summed E-state index contributed by atoms with van der Waals surface area (Å²) in [6.45, 7) is 0.650. The molecule has 0 saturated heterocycles. The van der Waals surface area contributed by atoms with Gasteiger partial charge in [-0.3, -0.25) is 0 Å². The monoisotopic (exact) mass is 209 g/mol. The molecule has 0 amide bonds. The van der Waals surface area contributed by atoms with Crippen LogP contribution in [0, 0.1) is 0 Å². The molecule has 6 heteroatoms. The predicted octanol–water partition coefficient (Wildman–Crippen LogP) is 1.47. The number of anilines is 1. The van der Waals surface area contributed by atoms with Crippen LogP contribution in [0.5, 0.6) is 0 Å². The highest BCUT2D eigenvalue weighted by Crippen LogP contribution is 2.10. The minimum absolute atomic E-state index is 0.486. The van der Waals surface area contributed by atoms with Gasteiger partial charge in [0.25, 0.3) is 5.95 Å². The molecule has 0 aliphatic heterocycles. The second kappa shape index (κ2) is 4.06. The number of benzene rings is 1. The van der Waals surface area contributed by atoms with Crippen molar-refractivity contribution in [2.75, 3.05) is 5.32 Å². The van der Waals surface area contributed by atoms with Crippen molar-refractivity contribution in [3.8, 4) is 0 Å². The van der Waals surface area contributed by atoms with Gasteiger partial charge in [0.05, 0.1) is 0 Å². The van der Waals surface area contributed by atoms with E-state index in [0.29, 0.717) is 12.5 Å². The summed E-state index contributed by atoms with van der Waals surface area (Å²) in [5.41, 5.74) is 1.11. The van der Waals surface area contributed by atoms with E-state index in [4.69, 9.17) is 11.6 Å². The van der Waals surface area contributed by atoms with Crippen LogP contribution >= 0.6 is 11.6 Å². The zero-order chi connectivity index (χ0) is 9.80. The van der Waals surface area contributed by atoms with Gasteiger partial charge in [-0.2, -0.15) is 5.21 Å². The van der Waals surface area contributed by atoms with E-state index in [1.54, 1.807) is 0 Å². The lowest BCUT2D eigenvalue weighted by Gasteiger charge is -2.00. The number of aromatic amines is 1. The molecule has 1 aromatic heterocycles. The summed E-state index contributed by atoms with van der Waals surface area (Å²) in [4.78, 5) is 0. The molecule has 0 atom stereocenters. The molecule has 72 valence electrons. The Balaban J connectivity index is 1.95. The van der Waals surface area contributed by atoms with Crippen molar-refractivity contribution >= 4 is 17.5 Å². The van der Waals surface area contributed by atoms with Gasteiger partial charge in [-0.05, 0) is 22.9 Å². The normalized spacial score (nSPS) is 10.1. The van der Waals surface area contributed by atoms with Crippen molar-refractivity contribution in [1.82, 2.24) is 20.6 Å². The number of H-pyrrole nitrogens is 1. The lowest BCUT2D eigenvalue weighted by atomic mass is 10.2. The first kappa shape index (κ1) is 8.96. The fourth-order valence-electron chi connectivity index (χ4n) is 1.02. The van der Waals surface area contributed by atoms with Gasteiger partial charge in [0.2, 0.25) is 0 Å². The third-order valence-electron chi connectivity index (χ3n) is 1.71. The fraction of sp³-hybridized carbons (Fsp3) is 0.125. The molecule has 0 spiro atoms. The summed E-state index contributed by atoms with van der Waals surface area (Å²) in [5.74, 6) is 0.486. The van der Waals surface area contributed by atoms with Gasteiger partial charge in [0, 0.05) is 11.6 Å². The van der Waals surface area contributed by atoms with Gasteiger partial charge in [-0.1, -0.05) is 28.8 Å². The van der Waals surface area contributed by atoms with Crippen LogP contribution < -0.4 is 5.32 Å². The Labute approximate surface area is 85.5 Å². The largest absolute Gasteiger partial charge is 0.348 e. The van der Waals surface area contributed by atoms with E-state index >= 15 is 0 Å². The lowest BCUT2D eigenvalue weighted by molar-refractivity contribution is 0.881. The molecule has 0 bridgehead atoms. The second-order valence-electron chi connectivity index (χ2n) is 2.72. The fourth-order valence-corrected chi connectivity index (χ4v) is 1.15.